The van der Waals surface area contributed by atoms with Gasteiger partial charge in [-0.3, -0.25) is 5.43 Å². The van der Waals surface area contributed by atoms with E-state index in [1.807, 2.05) is 0 Å². The fourth-order valence-corrected chi connectivity index (χ4v) is 0.587. The minimum atomic E-state index is -1.04. The Balaban J connectivity index is 4.52. The van der Waals surface area contributed by atoms with Gasteiger partial charge < -0.3 is 10.8 Å². The Morgan fingerprint density at radius 2 is 2.36 bits per heavy atom. The van der Waals surface area contributed by atoms with Gasteiger partial charge in [0.25, 0.3) is 0 Å². The van der Waals surface area contributed by atoms with E-state index in [9.17, 15) is 4.79 Å². The number of rotatable bonds is 4. The van der Waals surface area contributed by atoms with Gasteiger partial charge in [0.05, 0.1) is 5.57 Å². The molecule has 62 valence electrons. The smallest absolute Gasteiger partial charge is 0.334 e. The van der Waals surface area contributed by atoms with Crippen LogP contribution in [0.2, 0.25) is 0 Å². The first-order chi connectivity index (χ1) is 5.13. The Bertz CT molecular complexity index is 198. The van der Waals surface area contributed by atoms with Crippen LogP contribution in [0.25, 0.3) is 0 Å². The molecule has 5 nitrogen and oxygen atoms in total. The van der Waals surface area contributed by atoms with E-state index in [4.69, 9.17) is 10.8 Å². The standard InChI is InChI=1S/C6H11N3O2/c1-4(9-8-2)5(3-7)6(10)11/h9H,2-3,7H2,1H3,(H,10,11)/b5-4+. The van der Waals surface area contributed by atoms with Crippen molar-refractivity contribution in [2.24, 2.45) is 10.8 Å². The molecule has 0 saturated heterocycles. The first kappa shape index (κ1) is 9.64. The minimum Gasteiger partial charge on any atom is -0.478 e. The molecule has 0 amide bonds. The number of carboxylic acids is 1. The second-order valence-electron chi connectivity index (χ2n) is 1.88. The fraction of sp³-hybridized carbons (Fsp3) is 0.333. The molecule has 0 aliphatic carbocycles. The van der Waals surface area contributed by atoms with E-state index in [0.717, 1.165) is 0 Å². The summed E-state index contributed by atoms with van der Waals surface area (Å²) in [5.74, 6) is -1.04. The van der Waals surface area contributed by atoms with E-state index < -0.39 is 5.97 Å². The number of allylic oxidation sites excluding steroid dienone is 1. The summed E-state index contributed by atoms with van der Waals surface area (Å²) in [7, 11) is 0. The average Bonchev–Trinajstić information content (AvgIpc) is 1.88. The van der Waals surface area contributed by atoms with Gasteiger partial charge in [0.1, 0.15) is 0 Å². The molecular weight excluding hydrogens is 146 g/mol. The lowest BCUT2D eigenvalue weighted by atomic mass is 10.2. The molecule has 0 aliphatic rings. The molecule has 0 radical (unpaired) electrons. The average molecular weight is 157 g/mol. The van der Waals surface area contributed by atoms with Gasteiger partial charge in [-0.05, 0) is 6.92 Å². The topological polar surface area (TPSA) is 87.7 Å². The van der Waals surface area contributed by atoms with Crippen molar-refractivity contribution in [3.8, 4) is 0 Å². The van der Waals surface area contributed by atoms with Gasteiger partial charge in [-0.25, -0.2) is 4.79 Å². The van der Waals surface area contributed by atoms with Crippen molar-refractivity contribution >= 4 is 12.7 Å². The summed E-state index contributed by atoms with van der Waals surface area (Å²) < 4.78 is 0. The third-order valence-corrected chi connectivity index (χ3v) is 1.16. The first-order valence-corrected chi connectivity index (χ1v) is 2.98. The second kappa shape index (κ2) is 4.45. The van der Waals surface area contributed by atoms with Gasteiger partial charge in [0.2, 0.25) is 0 Å². The quantitative estimate of drug-likeness (QED) is 0.292. The van der Waals surface area contributed by atoms with Gasteiger partial charge in [0, 0.05) is 19.0 Å². The molecule has 11 heavy (non-hydrogen) atoms. The SMILES string of the molecule is C=NN/C(C)=C(\CN)C(=O)O. The highest BCUT2D eigenvalue weighted by molar-refractivity contribution is 5.87. The molecule has 0 aromatic carbocycles. The zero-order chi connectivity index (χ0) is 8.85. The third kappa shape index (κ3) is 2.81. The molecule has 0 bridgehead atoms. The predicted octanol–water partition coefficient (Wildman–Crippen LogP) is -0.491. The lowest BCUT2D eigenvalue weighted by Crippen LogP contribution is -2.18. The highest BCUT2D eigenvalue weighted by atomic mass is 16.4. The zero-order valence-corrected chi connectivity index (χ0v) is 6.29. The molecular formula is C6H11N3O2. The summed E-state index contributed by atoms with van der Waals surface area (Å²) in [6.07, 6.45) is 0. The number of hydrogen-bond donors (Lipinski definition) is 3. The molecule has 0 atom stereocenters. The number of nitrogens with one attached hydrogen (secondary N) is 1. The van der Waals surface area contributed by atoms with Crippen LogP contribution in [-0.4, -0.2) is 24.3 Å². The van der Waals surface area contributed by atoms with Crippen LogP contribution >= 0.6 is 0 Å². The lowest BCUT2D eigenvalue weighted by Gasteiger charge is -2.03. The van der Waals surface area contributed by atoms with Gasteiger partial charge in [0.15, 0.2) is 0 Å². The van der Waals surface area contributed by atoms with E-state index in [2.05, 4.69) is 17.2 Å². The van der Waals surface area contributed by atoms with E-state index in [0.29, 0.717) is 5.70 Å². The minimum absolute atomic E-state index is 0.0241. The molecule has 0 unspecified atom stereocenters. The van der Waals surface area contributed by atoms with Gasteiger partial charge in [-0.15, -0.1) is 0 Å². The van der Waals surface area contributed by atoms with Crippen molar-refractivity contribution in [3.63, 3.8) is 0 Å². The number of nitrogens with zero attached hydrogens (tertiary/aromatic N) is 1. The van der Waals surface area contributed by atoms with Crippen LogP contribution in [0.1, 0.15) is 6.92 Å². The van der Waals surface area contributed by atoms with Crippen molar-refractivity contribution < 1.29 is 9.90 Å². The number of hydrogen-bond acceptors (Lipinski definition) is 4. The third-order valence-electron chi connectivity index (χ3n) is 1.16. The fourth-order valence-electron chi connectivity index (χ4n) is 0.587. The molecule has 0 aliphatic heterocycles. The molecule has 0 saturated carbocycles. The normalized spacial score (nSPS) is 11.8. The van der Waals surface area contributed by atoms with Gasteiger partial charge in [-0.2, -0.15) is 5.10 Å². The van der Waals surface area contributed by atoms with Crippen molar-refractivity contribution in [2.45, 2.75) is 6.92 Å². The number of nitrogens with two attached hydrogens (primary N) is 1. The Hall–Kier alpha value is -1.36. The summed E-state index contributed by atoms with van der Waals surface area (Å²) in [6, 6.07) is 0. The molecule has 4 N–H and O–H groups in total. The van der Waals surface area contributed by atoms with Crippen molar-refractivity contribution in [2.75, 3.05) is 6.54 Å². The van der Waals surface area contributed by atoms with Crippen molar-refractivity contribution in [1.29, 1.82) is 0 Å². The van der Waals surface area contributed by atoms with Gasteiger partial charge in [-0.1, -0.05) is 0 Å². The molecule has 5 heteroatoms. The molecule has 0 aromatic heterocycles. The molecule has 0 fully saturated rings. The predicted molar refractivity (Wildman–Crippen MR) is 42.1 cm³/mol. The number of hydrazone groups is 1. The Morgan fingerprint density at radius 3 is 2.64 bits per heavy atom. The number of aliphatic carboxylic acids is 1. The van der Waals surface area contributed by atoms with Crippen LogP contribution in [0, 0.1) is 0 Å². The van der Waals surface area contributed by atoms with Gasteiger partial charge >= 0.3 is 5.97 Å². The molecule has 0 spiro atoms. The van der Waals surface area contributed by atoms with Crippen LogP contribution in [-0.2, 0) is 4.79 Å². The van der Waals surface area contributed by atoms with Crippen LogP contribution in [0.4, 0.5) is 0 Å². The molecule has 0 rings (SSSR count). The highest BCUT2D eigenvalue weighted by Crippen LogP contribution is 1.98. The Labute approximate surface area is 64.6 Å². The van der Waals surface area contributed by atoms with Crippen LogP contribution in [0.15, 0.2) is 16.4 Å². The van der Waals surface area contributed by atoms with Crippen LogP contribution in [0.5, 0.6) is 0 Å². The molecule has 0 heterocycles. The maximum Gasteiger partial charge on any atom is 0.334 e. The van der Waals surface area contributed by atoms with Crippen molar-refractivity contribution in [1.82, 2.24) is 5.43 Å². The Morgan fingerprint density at radius 1 is 1.82 bits per heavy atom. The largest absolute Gasteiger partial charge is 0.478 e. The van der Waals surface area contributed by atoms with Crippen LogP contribution in [0.3, 0.4) is 0 Å². The van der Waals surface area contributed by atoms with Crippen molar-refractivity contribution in [3.05, 3.63) is 11.3 Å². The monoisotopic (exact) mass is 157 g/mol. The maximum atomic E-state index is 10.4. The van der Waals surface area contributed by atoms with E-state index in [-0.39, 0.29) is 12.1 Å². The Kier molecular flexibility index (Phi) is 3.90. The van der Waals surface area contributed by atoms with Crippen LogP contribution < -0.4 is 11.2 Å². The summed E-state index contributed by atoms with van der Waals surface area (Å²) >= 11 is 0. The van der Waals surface area contributed by atoms with E-state index in [1.165, 1.54) is 0 Å². The lowest BCUT2D eigenvalue weighted by molar-refractivity contribution is -0.132. The van der Waals surface area contributed by atoms with E-state index in [1.54, 1.807) is 6.92 Å². The summed E-state index contributed by atoms with van der Waals surface area (Å²) in [5, 5.41) is 11.8. The number of carbonyl (C=O) groups is 1. The highest BCUT2D eigenvalue weighted by Gasteiger charge is 2.07. The maximum absolute atomic E-state index is 10.4. The number of carboxylic acid groups (broad SMARTS) is 1. The first-order valence-electron chi connectivity index (χ1n) is 2.98. The second-order valence-corrected chi connectivity index (χ2v) is 1.88. The summed E-state index contributed by atoms with van der Waals surface area (Å²) in [4.78, 5) is 10.4. The molecule has 0 aromatic rings. The zero-order valence-electron chi connectivity index (χ0n) is 6.29. The summed E-state index contributed by atoms with van der Waals surface area (Å²) in [6.45, 7) is 4.70. The van der Waals surface area contributed by atoms with E-state index >= 15 is 0 Å². The summed E-state index contributed by atoms with van der Waals surface area (Å²) in [5.41, 5.74) is 8.10.